The van der Waals surface area contributed by atoms with Crippen molar-refractivity contribution >= 4 is 17.9 Å². The summed E-state index contributed by atoms with van der Waals surface area (Å²) in [5.41, 5.74) is 0. The van der Waals surface area contributed by atoms with Crippen molar-refractivity contribution in [1.29, 1.82) is 0 Å². The van der Waals surface area contributed by atoms with E-state index < -0.39 is 30.6 Å². The molecule has 1 heterocycles. The minimum absolute atomic E-state index is 0.283. The lowest BCUT2D eigenvalue weighted by molar-refractivity contribution is -0.156. The number of imide groups is 1. The van der Waals surface area contributed by atoms with E-state index in [1.807, 2.05) is 6.07 Å². The van der Waals surface area contributed by atoms with Crippen molar-refractivity contribution in [3.63, 3.8) is 0 Å². The Labute approximate surface area is 121 Å². The van der Waals surface area contributed by atoms with E-state index in [4.69, 9.17) is 9.47 Å². The van der Waals surface area contributed by atoms with Gasteiger partial charge in [0.2, 0.25) is 0 Å². The number of para-hydroxylation sites is 1. The molecule has 0 aromatic heterocycles. The fourth-order valence-corrected chi connectivity index (χ4v) is 1.79. The smallest absolute Gasteiger partial charge is 0.347 e. The maximum absolute atomic E-state index is 11.7. The quantitative estimate of drug-likeness (QED) is 0.801. The Morgan fingerprint density at radius 1 is 1.33 bits per heavy atom. The third kappa shape index (κ3) is 3.95. The molecule has 1 aliphatic rings. The molecule has 1 aromatic carbocycles. The van der Waals surface area contributed by atoms with Gasteiger partial charge in [-0.3, -0.25) is 9.69 Å². The van der Waals surface area contributed by atoms with E-state index in [-0.39, 0.29) is 6.54 Å². The number of carbonyl (C=O) groups excluding carboxylic acids is 3. The first-order chi connectivity index (χ1) is 10.1. The maximum atomic E-state index is 11.7. The lowest BCUT2D eigenvalue weighted by Crippen LogP contribution is -2.38. The highest BCUT2D eigenvalue weighted by atomic mass is 16.6. The second-order valence-electron chi connectivity index (χ2n) is 4.46. The molecular formula is C14H16N2O5. The van der Waals surface area contributed by atoms with Crippen LogP contribution >= 0.6 is 0 Å². The molecule has 0 radical (unpaired) electrons. The van der Waals surface area contributed by atoms with Gasteiger partial charge in [0.05, 0.1) is 0 Å². The summed E-state index contributed by atoms with van der Waals surface area (Å²) in [7, 11) is 0. The Bertz CT molecular complexity index is 531. The highest BCUT2D eigenvalue weighted by Gasteiger charge is 2.27. The zero-order valence-electron chi connectivity index (χ0n) is 11.6. The molecule has 0 aliphatic carbocycles. The average Bonchev–Trinajstić information content (AvgIpc) is 2.91. The Morgan fingerprint density at radius 3 is 2.67 bits per heavy atom. The van der Waals surface area contributed by atoms with Crippen LogP contribution in [0.25, 0.3) is 0 Å². The number of benzene rings is 1. The van der Waals surface area contributed by atoms with Crippen LogP contribution in [-0.2, 0) is 14.3 Å². The fourth-order valence-electron chi connectivity index (χ4n) is 1.79. The molecule has 21 heavy (non-hydrogen) atoms. The molecule has 0 saturated carbocycles. The molecule has 0 spiro atoms. The largest absolute Gasteiger partial charge is 0.479 e. The van der Waals surface area contributed by atoms with Crippen LogP contribution in [0.4, 0.5) is 4.79 Å². The first-order valence-corrected chi connectivity index (χ1v) is 6.54. The van der Waals surface area contributed by atoms with Gasteiger partial charge in [0, 0.05) is 13.1 Å². The van der Waals surface area contributed by atoms with Crippen LogP contribution in [0.2, 0.25) is 0 Å². The van der Waals surface area contributed by atoms with Crippen molar-refractivity contribution in [3.8, 4) is 5.75 Å². The number of urea groups is 1. The summed E-state index contributed by atoms with van der Waals surface area (Å²) in [6, 6.07) is 8.35. The molecule has 1 saturated heterocycles. The van der Waals surface area contributed by atoms with E-state index in [1.165, 1.54) is 6.92 Å². The van der Waals surface area contributed by atoms with Gasteiger partial charge in [0.15, 0.2) is 12.7 Å². The Hall–Kier alpha value is -2.57. The third-order valence-electron chi connectivity index (χ3n) is 2.88. The number of hydrogen-bond donors (Lipinski definition) is 1. The molecule has 0 bridgehead atoms. The average molecular weight is 292 g/mol. The molecule has 1 aliphatic heterocycles. The van der Waals surface area contributed by atoms with Crippen molar-refractivity contribution in [3.05, 3.63) is 30.3 Å². The second-order valence-corrected chi connectivity index (χ2v) is 4.46. The van der Waals surface area contributed by atoms with E-state index >= 15 is 0 Å². The molecular weight excluding hydrogens is 276 g/mol. The van der Waals surface area contributed by atoms with Crippen LogP contribution in [0.15, 0.2) is 30.3 Å². The number of hydrogen-bond acceptors (Lipinski definition) is 5. The van der Waals surface area contributed by atoms with Gasteiger partial charge in [0.1, 0.15) is 5.75 Å². The predicted octanol–water partition coefficient (Wildman–Crippen LogP) is 0.549. The molecule has 112 valence electrons. The standard InChI is InChI=1S/C14H16N2O5/c1-10(21-11-5-3-2-4-6-11)13(18)20-9-12(17)16-8-7-15-14(16)19/h2-6,10H,7-9H2,1H3,(H,15,19)/t10-/m1/s1. The number of esters is 1. The summed E-state index contributed by atoms with van der Waals surface area (Å²) in [6.45, 7) is 1.74. The zero-order valence-corrected chi connectivity index (χ0v) is 11.6. The first kappa shape index (κ1) is 14.8. The summed E-state index contributed by atoms with van der Waals surface area (Å²) < 4.78 is 10.2. The molecule has 0 unspecified atom stereocenters. The number of amides is 3. The Balaban J connectivity index is 1.78. The maximum Gasteiger partial charge on any atom is 0.347 e. The Morgan fingerprint density at radius 2 is 2.05 bits per heavy atom. The van der Waals surface area contributed by atoms with Crippen molar-refractivity contribution in [2.45, 2.75) is 13.0 Å². The number of rotatable bonds is 5. The molecule has 7 heteroatoms. The monoisotopic (exact) mass is 292 g/mol. The second kappa shape index (κ2) is 6.74. The molecule has 7 nitrogen and oxygen atoms in total. The predicted molar refractivity (Wildman–Crippen MR) is 72.6 cm³/mol. The van der Waals surface area contributed by atoms with E-state index in [2.05, 4.69) is 5.32 Å². The van der Waals surface area contributed by atoms with Crippen LogP contribution < -0.4 is 10.1 Å². The topological polar surface area (TPSA) is 84.9 Å². The molecule has 3 amide bonds. The summed E-state index contributed by atoms with van der Waals surface area (Å²) in [4.78, 5) is 35.7. The lowest BCUT2D eigenvalue weighted by atomic mass is 10.3. The SMILES string of the molecule is C[C@@H](Oc1ccccc1)C(=O)OCC(=O)N1CCNC1=O. The van der Waals surface area contributed by atoms with Crippen LogP contribution in [0.1, 0.15) is 6.92 Å². The van der Waals surface area contributed by atoms with Gasteiger partial charge in [-0.2, -0.15) is 0 Å². The van der Waals surface area contributed by atoms with E-state index in [9.17, 15) is 14.4 Å². The fraction of sp³-hybridized carbons (Fsp3) is 0.357. The number of nitrogens with one attached hydrogen (secondary N) is 1. The van der Waals surface area contributed by atoms with Gasteiger partial charge in [0.25, 0.3) is 5.91 Å². The zero-order chi connectivity index (χ0) is 15.2. The highest BCUT2D eigenvalue weighted by molar-refractivity contribution is 5.97. The minimum atomic E-state index is -0.840. The molecule has 1 aromatic rings. The number of carbonyl (C=O) groups is 3. The van der Waals surface area contributed by atoms with Crippen molar-refractivity contribution < 1.29 is 23.9 Å². The molecule has 1 atom stereocenters. The van der Waals surface area contributed by atoms with Gasteiger partial charge < -0.3 is 14.8 Å². The van der Waals surface area contributed by atoms with Gasteiger partial charge >= 0.3 is 12.0 Å². The first-order valence-electron chi connectivity index (χ1n) is 6.54. The summed E-state index contributed by atoms with van der Waals surface area (Å²) >= 11 is 0. The van der Waals surface area contributed by atoms with Gasteiger partial charge in [-0.05, 0) is 19.1 Å². The van der Waals surface area contributed by atoms with Crippen LogP contribution in [0, 0.1) is 0 Å². The normalized spacial score (nSPS) is 15.3. The van der Waals surface area contributed by atoms with Crippen molar-refractivity contribution in [2.75, 3.05) is 19.7 Å². The number of nitrogens with zero attached hydrogens (tertiary/aromatic N) is 1. The van der Waals surface area contributed by atoms with E-state index in [0.29, 0.717) is 12.3 Å². The Kier molecular flexibility index (Phi) is 4.76. The minimum Gasteiger partial charge on any atom is -0.479 e. The number of ether oxygens (including phenoxy) is 2. The van der Waals surface area contributed by atoms with Crippen LogP contribution in [-0.4, -0.2) is 48.6 Å². The summed E-state index contributed by atoms with van der Waals surface area (Å²) in [5.74, 6) is -0.677. The summed E-state index contributed by atoms with van der Waals surface area (Å²) in [5, 5.41) is 2.49. The lowest BCUT2D eigenvalue weighted by Gasteiger charge is -2.15. The highest BCUT2D eigenvalue weighted by Crippen LogP contribution is 2.11. The van der Waals surface area contributed by atoms with Gasteiger partial charge in [-0.15, -0.1) is 0 Å². The van der Waals surface area contributed by atoms with Crippen LogP contribution in [0.5, 0.6) is 5.75 Å². The molecule has 1 fully saturated rings. The van der Waals surface area contributed by atoms with E-state index in [0.717, 1.165) is 4.90 Å². The van der Waals surface area contributed by atoms with E-state index in [1.54, 1.807) is 24.3 Å². The molecule has 2 rings (SSSR count). The molecule has 1 N–H and O–H groups in total. The van der Waals surface area contributed by atoms with Gasteiger partial charge in [-0.25, -0.2) is 9.59 Å². The summed E-state index contributed by atoms with van der Waals surface area (Å²) in [6.07, 6.45) is -0.840. The van der Waals surface area contributed by atoms with Gasteiger partial charge in [-0.1, -0.05) is 18.2 Å². The van der Waals surface area contributed by atoms with Crippen molar-refractivity contribution in [2.24, 2.45) is 0 Å². The van der Waals surface area contributed by atoms with Crippen LogP contribution in [0.3, 0.4) is 0 Å². The van der Waals surface area contributed by atoms with Crippen molar-refractivity contribution in [1.82, 2.24) is 10.2 Å². The third-order valence-corrected chi connectivity index (χ3v) is 2.88.